The van der Waals surface area contributed by atoms with Crippen molar-refractivity contribution < 1.29 is 32.0 Å². The van der Waals surface area contributed by atoms with Gasteiger partial charge in [-0.2, -0.15) is 4.57 Å². The van der Waals surface area contributed by atoms with Crippen molar-refractivity contribution in [1.29, 1.82) is 0 Å². The van der Waals surface area contributed by atoms with E-state index in [1.165, 1.54) is 23.2 Å². The number of benzene rings is 1. The zero-order valence-electron chi connectivity index (χ0n) is 30.2. The van der Waals surface area contributed by atoms with Crippen molar-refractivity contribution in [3.05, 3.63) is 69.0 Å². The number of hydrogen-bond acceptors (Lipinski definition) is 9. The van der Waals surface area contributed by atoms with Gasteiger partial charge in [-0.3, -0.25) is 19.0 Å². The molecule has 12 nitrogen and oxygen atoms in total. The van der Waals surface area contributed by atoms with Gasteiger partial charge in [-0.25, -0.2) is 4.79 Å². The van der Waals surface area contributed by atoms with Crippen molar-refractivity contribution in [2.75, 3.05) is 26.3 Å². The van der Waals surface area contributed by atoms with Gasteiger partial charge in [-0.15, -0.1) is 12.8 Å². The number of terminal acetylenes is 2. The van der Waals surface area contributed by atoms with E-state index in [1.807, 2.05) is 0 Å². The zero-order valence-corrected chi connectivity index (χ0v) is 32.2. The Morgan fingerprint density at radius 3 is 2.04 bits per heavy atom. The van der Waals surface area contributed by atoms with Crippen LogP contribution in [-0.4, -0.2) is 87.6 Å². The number of carbonyl (C=O) groups excluding carboxylic acids is 2. The minimum absolute atomic E-state index is 0.0267. The first-order chi connectivity index (χ1) is 23.6. The first-order valence-electron chi connectivity index (χ1n) is 17.0. The van der Waals surface area contributed by atoms with Crippen molar-refractivity contribution >= 4 is 28.9 Å². The fraction of sp³-hybridized carbons (Fsp3) is 0.556. The average molecular weight is 724 g/mol. The van der Waals surface area contributed by atoms with Crippen molar-refractivity contribution in [2.24, 2.45) is 0 Å². The summed E-state index contributed by atoms with van der Waals surface area (Å²) in [7, 11) is -6.16. The number of nitrogens with zero attached hydrogens (tertiary/aromatic N) is 3. The molecule has 2 aliphatic heterocycles. The number of carbonyl (C=O) groups is 2. The highest BCUT2D eigenvalue weighted by molar-refractivity contribution is 6.84. The van der Waals surface area contributed by atoms with Crippen molar-refractivity contribution in [1.82, 2.24) is 14.0 Å². The van der Waals surface area contributed by atoms with Gasteiger partial charge in [0.25, 0.3) is 11.5 Å². The quantitative estimate of drug-likeness (QED) is 0.250. The van der Waals surface area contributed by atoms with Crippen LogP contribution < -0.4 is 11.2 Å². The van der Waals surface area contributed by atoms with E-state index in [0.29, 0.717) is 4.57 Å². The van der Waals surface area contributed by atoms with Crippen LogP contribution in [0.25, 0.3) is 0 Å². The predicted octanol–water partition coefficient (Wildman–Crippen LogP) is 4.03. The topological polar surface area (TPSA) is 128 Å². The molecular weight excluding hydrogens is 675 g/mol. The van der Waals surface area contributed by atoms with E-state index in [9.17, 15) is 19.2 Å². The number of aromatic nitrogens is 2. The predicted molar refractivity (Wildman–Crippen MR) is 193 cm³/mol. The van der Waals surface area contributed by atoms with Crippen LogP contribution >= 0.6 is 0 Å². The molecule has 2 saturated heterocycles. The molecule has 3 heterocycles. The van der Waals surface area contributed by atoms with E-state index in [2.05, 4.69) is 67.2 Å². The first-order valence-corrected chi connectivity index (χ1v) is 21.0. The lowest BCUT2D eigenvalue weighted by Crippen LogP contribution is -2.66. The molecule has 4 rings (SSSR count). The van der Waals surface area contributed by atoms with Crippen molar-refractivity contribution in [3.8, 4) is 24.7 Å². The summed E-state index contributed by atoms with van der Waals surface area (Å²) < 4.78 is 36.1. The van der Waals surface area contributed by atoms with Crippen molar-refractivity contribution in [2.45, 2.75) is 102 Å². The van der Waals surface area contributed by atoms with Crippen LogP contribution in [0, 0.1) is 24.7 Å². The molecule has 1 aromatic heterocycles. The largest absolute Gasteiger partial charge is 0.414 e. The van der Waals surface area contributed by atoms with Gasteiger partial charge in [0, 0.05) is 17.8 Å². The fourth-order valence-corrected chi connectivity index (χ4v) is 18.0. The summed E-state index contributed by atoms with van der Waals surface area (Å²) in [4.78, 5) is 55.2. The number of hydrogen-bond donors (Lipinski definition) is 0. The maximum absolute atomic E-state index is 14.1. The highest BCUT2D eigenvalue weighted by Gasteiger charge is 2.62. The van der Waals surface area contributed by atoms with Crippen LogP contribution in [0.4, 0.5) is 0 Å². The molecule has 14 heteroatoms. The Bertz CT molecular complexity index is 1690. The second kappa shape index (κ2) is 16.2. The SMILES string of the molecule is C#CCN(CC#C)C(=O)CO[C@@H]1[C@@H]2O[Si](C(C)C)(C(C)C)O[Si](C(C)C)(C(C)C)OC[C@H]2O[C@H]1n1ccc(=O)n(C(=O)c2ccccc2)c1=O. The molecule has 0 spiro atoms. The van der Waals surface area contributed by atoms with E-state index in [0.717, 1.165) is 10.6 Å². The first kappa shape index (κ1) is 39.2. The van der Waals surface area contributed by atoms with Gasteiger partial charge in [-0.1, -0.05) is 85.4 Å². The zero-order chi connectivity index (χ0) is 37.0. The van der Waals surface area contributed by atoms with Crippen molar-refractivity contribution in [3.63, 3.8) is 0 Å². The maximum atomic E-state index is 14.1. The van der Waals surface area contributed by atoms with Crippen LogP contribution in [-0.2, 0) is 27.2 Å². The van der Waals surface area contributed by atoms with Crippen LogP contribution in [0.2, 0.25) is 22.2 Å². The normalized spacial score (nSPS) is 22.8. The summed E-state index contributed by atoms with van der Waals surface area (Å²) in [5, 5.41) is 0. The van der Waals surface area contributed by atoms with E-state index in [4.69, 9.17) is 35.3 Å². The van der Waals surface area contributed by atoms with Crippen LogP contribution in [0.1, 0.15) is 72.0 Å². The lowest BCUT2D eigenvalue weighted by Gasteiger charge is -2.51. The van der Waals surface area contributed by atoms with Crippen LogP contribution in [0.5, 0.6) is 0 Å². The Labute approximate surface area is 296 Å². The fourth-order valence-electron chi connectivity index (χ4n) is 6.82. The molecule has 0 radical (unpaired) electrons. The van der Waals surface area contributed by atoms with Crippen LogP contribution in [0.3, 0.4) is 0 Å². The molecule has 2 aliphatic rings. The Kier molecular flexibility index (Phi) is 12.7. The molecule has 0 bridgehead atoms. The Hall–Kier alpha value is -3.61. The minimum atomic E-state index is -3.21. The third kappa shape index (κ3) is 7.53. The molecule has 4 atom stereocenters. The Balaban J connectivity index is 1.87. The van der Waals surface area contributed by atoms with Gasteiger partial charge < -0.3 is 27.3 Å². The molecule has 0 unspecified atom stereocenters. The third-order valence-corrected chi connectivity index (χ3v) is 19.7. The van der Waals surface area contributed by atoms with Gasteiger partial charge in [0.2, 0.25) is 5.91 Å². The summed E-state index contributed by atoms with van der Waals surface area (Å²) in [5.41, 5.74) is -1.52. The monoisotopic (exact) mass is 723 g/mol. The summed E-state index contributed by atoms with van der Waals surface area (Å²) in [5.74, 6) is 3.60. The maximum Gasteiger partial charge on any atom is 0.340 e. The number of fused-ring (bicyclic) bond motifs is 1. The van der Waals surface area contributed by atoms with Gasteiger partial charge in [0.05, 0.1) is 19.7 Å². The van der Waals surface area contributed by atoms with Gasteiger partial charge in [0.1, 0.15) is 24.9 Å². The molecule has 0 saturated carbocycles. The molecular formula is C36H49N3O9Si2. The lowest BCUT2D eigenvalue weighted by molar-refractivity contribution is -0.141. The number of rotatable bonds is 11. The second-order valence-corrected chi connectivity index (χ2v) is 22.8. The number of ether oxygens (including phenoxy) is 2. The average Bonchev–Trinajstić information content (AvgIpc) is 3.38. The minimum Gasteiger partial charge on any atom is -0.414 e. The second-order valence-electron chi connectivity index (χ2n) is 13.9. The summed E-state index contributed by atoms with van der Waals surface area (Å²) in [6, 6.07) is 9.14. The molecule has 0 aliphatic carbocycles. The lowest BCUT2D eigenvalue weighted by atomic mass is 10.1. The molecule has 0 N–H and O–H groups in total. The Morgan fingerprint density at radius 2 is 1.50 bits per heavy atom. The standard InChI is InChI=1S/C36H49N3O9Si2/c1-11-19-37(20-12-2)31(41)23-44-33-32-29(22-45-49(24(3)4,25(5)6)48-50(47-32,26(7)8)27(9)10)46-35(33)38-21-18-30(40)39(36(38)43)34(42)28-16-14-13-15-17-28/h1-2,13-18,21,24-27,29,32-33,35H,19-20,22-23H2,3-10H3/t29-,32-,33-,35-/m1/s1. The van der Waals surface area contributed by atoms with Crippen LogP contribution in [0.15, 0.2) is 52.2 Å². The van der Waals surface area contributed by atoms with Gasteiger partial charge >= 0.3 is 22.8 Å². The molecule has 2 fully saturated rings. The summed E-state index contributed by atoms with van der Waals surface area (Å²) >= 11 is 0. The highest BCUT2D eigenvalue weighted by atomic mass is 28.5. The van der Waals surface area contributed by atoms with Gasteiger partial charge in [-0.05, 0) is 34.3 Å². The molecule has 50 heavy (non-hydrogen) atoms. The smallest absolute Gasteiger partial charge is 0.340 e. The molecule has 270 valence electrons. The summed E-state index contributed by atoms with van der Waals surface area (Å²) in [6.45, 7) is 16.2. The molecule has 1 aromatic carbocycles. The highest BCUT2D eigenvalue weighted by Crippen LogP contribution is 2.48. The van der Waals surface area contributed by atoms with E-state index >= 15 is 0 Å². The third-order valence-electron chi connectivity index (χ3n) is 9.44. The Morgan fingerprint density at radius 1 is 0.920 bits per heavy atom. The van der Waals surface area contributed by atoms with Gasteiger partial charge in [0.15, 0.2) is 6.23 Å². The molecule has 2 aromatic rings. The van der Waals surface area contributed by atoms with E-state index in [-0.39, 0.29) is 47.4 Å². The van der Waals surface area contributed by atoms with E-state index in [1.54, 1.807) is 18.2 Å². The molecule has 1 amide bonds. The summed E-state index contributed by atoms with van der Waals surface area (Å²) in [6.07, 6.45) is 8.31. The number of amides is 1. The van der Waals surface area contributed by atoms with E-state index < -0.39 is 71.3 Å².